The van der Waals surface area contributed by atoms with Crippen molar-refractivity contribution in [3.05, 3.63) is 95.0 Å². The van der Waals surface area contributed by atoms with E-state index < -0.39 is 5.82 Å². The van der Waals surface area contributed by atoms with Crippen molar-refractivity contribution in [2.24, 2.45) is 0 Å². The van der Waals surface area contributed by atoms with Crippen LogP contribution in [0.4, 0.5) is 10.1 Å². The molecular formula is C24H17FN4O2S. The minimum Gasteiger partial charge on any atom is -0.298 e. The fraction of sp³-hybridized carbons (Fsp3) is 0.0833. The summed E-state index contributed by atoms with van der Waals surface area (Å²) in [4.78, 5) is 32.1. The number of nitrogens with zero attached hydrogens (tertiary/aromatic N) is 4. The molecule has 0 unspecified atom stereocenters. The van der Waals surface area contributed by atoms with Gasteiger partial charge in [0.25, 0.3) is 5.56 Å². The maximum Gasteiger partial charge on any atom is 0.266 e. The van der Waals surface area contributed by atoms with E-state index in [-0.39, 0.29) is 23.8 Å². The zero-order valence-corrected chi connectivity index (χ0v) is 17.6. The Hall–Kier alpha value is -3.96. The molecule has 0 atom stereocenters. The van der Waals surface area contributed by atoms with Crippen molar-refractivity contribution in [1.82, 2.24) is 9.55 Å². The molecule has 32 heavy (non-hydrogen) atoms. The Balaban J connectivity index is 1.71. The van der Waals surface area contributed by atoms with Crippen molar-refractivity contribution >= 4 is 34.3 Å². The van der Waals surface area contributed by atoms with E-state index in [0.717, 1.165) is 11.8 Å². The number of hydrogen-bond donors (Lipinski definition) is 0. The smallest absolute Gasteiger partial charge is 0.266 e. The third-order valence-electron chi connectivity index (χ3n) is 4.75. The molecule has 4 aromatic rings. The summed E-state index contributed by atoms with van der Waals surface area (Å²) in [7, 11) is 0. The molecule has 0 bridgehead atoms. The Bertz CT molecular complexity index is 1370. The summed E-state index contributed by atoms with van der Waals surface area (Å²) < 4.78 is 14.8. The summed E-state index contributed by atoms with van der Waals surface area (Å²) in [5, 5.41) is 9.89. The van der Waals surface area contributed by atoms with Gasteiger partial charge in [0.15, 0.2) is 5.16 Å². The number of hydrogen-bond acceptors (Lipinski definition) is 5. The molecule has 6 nitrogen and oxygen atoms in total. The van der Waals surface area contributed by atoms with Crippen LogP contribution in [0.15, 0.2) is 88.8 Å². The highest BCUT2D eigenvalue weighted by Crippen LogP contribution is 2.23. The van der Waals surface area contributed by atoms with Crippen LogP contribution in [-0.2, 0) is 4.79 Å². The van der Waals surface area contributed by atoms with Crippen molar-refractivity contribution in [2.45, 2.75) is 5.16 Å². The predicted octanol–water partition coefficient (Wildman–Crippen LogP) is 4.17. The van der Waals surface area contributed by atoms with E-state index in [9.17, 15) is 14.0 Å². The van der Waals surface area contributed by atoms with E-state index in [2.05, 4.69) is 4.98 Å². The van der Waals surface area contributed by atoms with Gasteiger partial charge in [0.2, 0.25) is 5.91 Å². The Morgan fingerprint density at radius 2 is 1.72 bits per heavy atom. The molecule has 158 valence electrons. The molecule has 0 aliphatic heterocycles. The number of para-hydroxylation sites is 2. The number of halogens is 1. The minimum absolute atomic E-state index is 0.0391. The summed E-state index contributed by atoms with van der Waals surface area (Å²) >= 11 is 1.09. The van der Waals surface area contributed by atoms with Gasteiger partial charge in [-0.25, -0.2) is 9.37 Å². The molecule has 0 saturated heterocycles. The van der Waals surface area contributed by atoms with Crippen LogP contribution in [0.2, 0.25) is 0 Å². The van der Waals surface area contributed by atoms with Gasteiger partial charge >= 0.3 is 0 Å². The highest BCUT2D eigenvalue weighted by molar-refractivity contribution is 7.99. The molecule has 4 rings (SSSR count). The zero-order valence-electron chi connectivity index (χ0n) is 16.8. The molecule has 0 aliphatic carbocycles. The van der Waals surface area contributed by atoms with Crippen LogP contribution in [-0.4, -0.2) is 27.8 Å². The first-order valence-corrected chi connectivity index (χ1v) is 10.7. The van der Waals surface area contributed by atoms with Crippen LogP contribution < -0.4 is 10.5 Å². The highest BCUT2D eigenvalue weighted by atomic mass is 32.2. The fourth-order valence-electron chi connectivity index (χ4n) is 3.23. The van der Waals surface area contributed by atoms with Crippen molar-refractivity contribution < 1.29 is 9.18 Å². The van der Waals surface area contributed by atoms with E-state index in [1.165, 1.54) is 33.7 Å². The molecule has 0 N–H and O–H groups in total. The third kappa shape index (κ3) is 4.38. The number of rotatable bonds is 6. The molecule has 0 fully saturated rings. The second-order valence-electron chi connectivity index (χ2n) is 6.79. The first-order valence-electron chi connectivity index (χ1n) is 9.71. The normalized spacial score (nSPS) is 10.6. The number of anilines is 1. The van der Waals surface area contributed by atoms with Crippen LogP contribution in [0.25, 0.3) is 16.6 Å². The van der Waals surface area contributed by atoms with E-state index in [0.29, 0.717) is 27.4 Å². The number of fused-ring (bicyclic) bond motifs is 1. The Kier molecular flexibility index (Phi) is 6.29. The number of thioether (sulfide) groups is 1. The SMILES string of the molecule is N#CCN(C(=O)CSc1nc2ccccc2c(=O)n1-c1ccc(F)cc1)c1ccccc1. The van der Waals surface area contributed by atoms with Crippen molar-refractivity contribution in [2.75, 3.05) is 17.2 Å². The average Bonchev–Trinajstić information content (AvgIpc) is 2.82. The van der Waals surface area contributed by atoms with Gasteiger partial charge in [0.05, 0.1) is 28.4 Å². The van der Waals surface area contributed by atoms with E-state index in [1.807, 2.05) is 12.1 Å². The maximum absolute atomic E-state index is 13.4. The summed E-state index contributed by atoms with van der Waals surface area (Å²) in [6.07, 6.45) is 0. The number of benzene rings is 3. The van der Waals surface area contributed by atoms with E-state index >= 15 is 0 Å². The number of carbonyl (C=O) groups is 1. The van der Waals surface area contributed by atoms with E-state index in [4.69, 9.17) is 5.26 Å². The Morgan fingerprint density at radius 1 is 1.03 bits per heavy atom. The van der Waals surface area contributed by atoms with Crippen LogP contribution in [0.1, 0.15) is 0 Å². The number of amides is 1. The summed E-state index contributed by atoms with van der Waals surface area (Å²) in [6.45, 7) is -0.0979. The second-order valence-corrected chi connectivity index (χ2v) is 7.73. The third-order valence-corrected chi connectivity index (χ3v) is 5.68. The topological polar surface area (TPSA) is 79.0 Å². The predicted molar refractivity (Wildman–Crippen MR) is 122 cm³/mol. The second kappa shape index (κ2) is 9.45. The van der Waals surface area contributed by atoms with Crippen LogP contribution in [0.5, 0.6) is 0 Å². The van der Waals surface area contributed by atoms with Gasteiger partial charge in [0, 0.05) is 5.69 Å². The molecule has 0 saturated carbocycles. The fourth-order valence-corrected chi connectivity index (χ4v) is 4.12. The van der Waals surface area contributed by atoms with Crippen molar-refractivity contribution in [3.63, 3.8) is 0 Å². The molecule has 1 aromatic heterocycles. The molecular weight excluding hydrogens is 427 g/mol. The molecule has 0 spiro atoms. The number of aromatic nitrogens is 2. The summed E-state index contributed by atoms with van der Waals surface area (Å²) in [6, 6.07) is 23.4. The Morgan fingerprint density at radius 3 is 2.44 bits per heavy atom. The van der Waals surface area contributed by atoms with Crippen LogP contribution in [0, 0.1) is 17.1 Å². The van der Waals surface area contributed by atoms with Crippen molar-refractivity contribution in [1.29, 1.82) is 5.26 Å². The zero-order chi connectivity index (χ0) is 22.5. The van der Waals surface area contributed by atoms with Gasteiger partial charge in [0.1, 0.15) is 12.4 Å². The minimum atomic E-state index is -0.421. The Labute approximate surface area is 187 Å². The standard InChI is InChI=1S/C24H17FN4O2S/c25-17-10-12-19(13-11-17)29-23(31)20-8-4-5-9-21(20)27-24(29)32-16-22(30)28(15-14-26)18-6-2-1-3-7-18/h1-13H,15-16H2. The molecule has 1 heterocycles. The number of nitriles is 1. The van der Waals surface area contributed by atoms with Gasteiger partial charge in [-0.05, 0) is 48.5 Å². The monoisotopic (exact) mass is 444 g/mol. The molecule has 1 amide bonds. The summed E-state index contributed by atoms with van der Waals surface area (Å²) in [5.41, 5.74) is 1.25. The van der Waals surface area contributed by atoms with E-state index in [1.54, 1.807) is 48.5 Å². The van der Waals surface area contributed by atoms with Crippen LogP contribution >= 0.6 is 11.8 Å². The van der Waals surface area contributed by atoms with Gasteiger partial charge in [-0.3, -0.25) is 19.1 Å². The maximum atomic E-state index is 13.4. The average molecular weight is 444 g/mol. The van der Waals surface area contributed by atoms with Gasteiger partial charge < -0.3 is 0 Å². The molecule has 0 radical (unpaired) electrons. The lowest BCUT2D eigenvalue weighted by molar-refractivity contribution is -0.116. The van der Waals surface area contributed by atoms with Gasteiger partial charge in [-0.2, -0.15) is 5.26 Å². The largest absolute Gasteiger partial charge is 0.298 e. The summed E-state index contributed by atoms with van der Waals surface area (Å²) in [5.74, 6) is -0.756. The van der Waals surface area contributed by atoms with Crippen LogP contribution in [0.3, 0.4) is 0 Å². The first kappa shape index (κ1) is 21.3. The lowest BCUT2D eigenvalue weighted by Gasteiger charge is -2.20. The first-order chi connectivity index (χ1) is 15.6. The quantitative estimate of drug-likeness (QED) is 0.253. The van der Waals surface area contributed by atoms with Gasteiger partial charge in [-0.15, -0.1) is 0 Å². The lowest BCUT2D eigenvalue weighted by atomic mass is 10.2. The number of carbonyl (C=O) groups excluding carboxylic acids is 1. The molecule has 8 heteroatoms. The van der Waals surface area contributed by atoms with Crippen molar-refractivity contribution in [3.8, 4) is 11.8 Å². The lowest BCUT2D eigenvalue weighted by Crippen LogP contribution is -2.33. The highest BCUT2D eigenvalue weighted by Gasteiger charge is 2.19. The molecule has 0 aliphatic rings. The van der Waals surface area contributed by atoms with Gasteiger partial charge in [-0.1, -0.05) is 42.1 Å². The molecule has 3 aromatic carbocycles.